The number of rotatable bonds is 7. The summed E-state index contributed by atoms with van der Waals surface area (Å²) in [6.45, 7) is 0. The molecule has 0 fully saturated rings. The molecule has 268 valence electrons. The number of nitrogens with zero attached hydrogens (tertiary/aromatic N) is 2. The van der Waals surface area contributed by atoms with Crippen LogP contribution in [0, 0.1) is 0 Å². The number of fused-ring (bicyclic) bond motifs is 5. The topological polar surface area (TPSA) is 42.4 Å². The van der Waals surface area contributed by atoms with Crippen LogP contribution in [0.15, 0.2) is 215 Å². The van der Waals surface area contributed by atoms with Gasteiger partial charge in [-0.05, 0) is 93.2 Å². The highest BCUT2D eigenvalue weighted by molar-refractivity contribution is 6.15. The maximum absolute atomic E-state index is 6.44. The molecule has 0 aliphatic carbocycles. The molecule has 4 heteroatoms. The van der Waals surface area contributed by atoms with Crippen LogP contribution in [0.1, 0.15) is 0 Å². The summed E-state index contributed by atoms with van der Waals surface area (Å²) in [7, 11) is 0. The molecule has 2 heterocycles. The summed E-state index contributed by atoms with van der Waals surface area (Å²) < 4.78 is 12.6. The van der Waals surface area contributed by atoms with Crippen molar-refractivity contribution in [2.24, 2.45) is 0 Å². The van der Waals surface area contributed by atoms with Crippen LogP contribution in [0.4, 0.5) is 17.1 Å². The molecule has 0 radical (unpaired) electrons. The van der Waals surface area contributed by atoms with Crippen LogP contribution in [0.2, 0.25) is 0 Å². The first-order chi connectivity index (χ1) is 28.2. The van der Waals surface area contributed by atoms with Crippen molar-refractivity contribution < 1.29 is 8.83 Å². The quantitative estimate of drug-likeness (QED) is 0.164. The van der Waals surface area contributed by atoms with Gasteiger partial charge >= 0.3 is 0 Å². The molecule has 0 saturated carbocycles. The maximum atomic E-state index is 6.44. The fourth-order valence-corrected chi connectivity index (χ4v) is 8.21. The van der Waals surface area contributed by atoms with Gasteiger partial charge < -0.3 is 13.7 Å². The summed E-state index contributed by atoms with van der Waals surface area (Å²) in [5, 5.41) is 4.55. The fraction of sp³-hybridized carbons (Fsp3) is 0. The van der Waals surface area contributed by atoms with Gasteiger partial charge in [0, 0.05) is 39.3 Å². The SMILES string of the molecule is c1ccc(-c2nc3cc4c(cc3o2)oc2cccc(-c3ccc(N(c5ccc(-c6cccc7ccccc67)cc5)c5ccccc5-c5ccccc5)cc3)c24)cc1. The van der Waals surface area contributed by atoms with E-state index in [9.17, 15) is 0 Å². The highest BCUT2D eigenvalue weighted by Gasteiger charge is 2.20. The predicted octanol–water partition coefficient (Wildman–Crippen LogP) is 15.0. The Labute approximate surface area is 329 Å². The zero-order valence-electron chi connectivity index (χ0n) is 30.8. The van der Waals surface area contributed by atoms with Crippen molar-refractivity contribution in [1.82, 2.24) is 4.98 Å². The van der Waals surface area contributed by atoms with Crippen molar-refractivity contribution in [1.29, 1.82) is 0 Å². The van der Waals surface area contributed by atoms with E-state index in [4.69, 9.17) is 13.8 Å². The molecule has 4 nitrogen and oxygen atoms in total. The standard InChI is InChI=1S/C53H34N2O2/c1-3-13-36(14-4-1)44-20-9-10-23-48(44)55(40-29-25-37(26-30-40)43-21-11-18-35-15-7-8-19-42(35)43)41-31-27-38(28-32-41)45-22-12-24-49-52(45)46-33-47-51(34-50(46)56-49)57-53(54-47)39-16-5-2-6-17-39/h1-34H. The van der Waals surface area contributed by atoms with Gasteiger partial charge in [-0.1, -0.05) is 146 Å². The van der Waals surface area contributed by atoms with E-state index in [2.05, 4.69) is 169 Å². The number of anilines is 3. The summed E-state index contributed by atoms with van der Waals surface area (Å²) in [6, 6.07) is 72.5. The molecule has 11 aromatic rings. The van der Waals surface area contributed by atoms with Crippen LogP contribution in [-0.2, 0) is 0 Å². The minimum Gasteiger partial charge on any atom is -0.456 e. The third-order valence-corrected chi connectivity index (χ3v) is 10.9. The first kappa shape index (κ1) is 32.7. The van der Waals surface area contributed by atoms with Crippen LogP contribution in [0.3, 0.4) is 0 Å². The lowest BCUT2D eigenvalue weighted by Crippen LogP contribution is -2.11. The average Bonchev–Trinajstić information content (AvgIpc) is 3.87. The smallest absolute Gasteiger partial charge is 0.227 e. The van der Waals surface area contributed by atoms with Crippen molar-refractivity contribution in [2.45, 2.75) is 0 Å². The molecule has 0 spiro atoms. The normalized spacial score (nSPS) is 11.5. The van der Waals surface area contributed by atoms with Crippen LogP contribution in [-0.4, -0.2) is 4.98 Å². The van der Waals surface area contributed by atoms with E-state index in [1.54, 1.807) is 0 Å². The lowest BCUT2D eigenvalue weighted by atomic mass is 9.97. The third-order valence-electron chi connectivity index (χ3n) is 10.9. The molecule has 0 aliphatic heterocycles. The second-order valence-corrected chi connectivity index (χ2v) is 14.3. The van der Waals surface area contributed by atoms with Crippen molar-refractivity contribution >= 4 is 60.9 Å². The van der Waals surface area contributed by atoms with E-state index in [0.717, 1.165) is 72.3 Å². The first-order valence-electron chi connectivity index (χ1n) is 19.2. The largest absolute Gasteiger partial charge is 0.456 e. The minimum atomic E-state index is 0.597. The lowest BCUT2D eigenvalue weighted by Gasteiger charge is -2.28. The highest BCUT2D eigenvalue weighted by Crippen LogP contribution is 2.44. The summed E-state index contributed by atoms with van der Waals surface area (Å²) >= 11 is 0. The fourth-order valence-electron chi connectivity index (χ4n) is 8.21. The minimum absolute atomic E-state index is 0.597. The van der Waals surface area contributed by atoms with Crippen LogP contribution in [0.25, 0.3) is 88.6 Å². The molecule has 0 aliphatic rings. The number of para-hydroxylation sites is 1. The Morgan fingerprint density at radius 1 is 0.368 bits per heavy atom. The molecule has 0 bridgehead atoms. The Balaban J connectivity index is 1.02. The van der Waals surface area contributed by atoms with Gasteiger partial charge in [0.2, 0.25) is 5.89 Å². The predicted molar refractivity (Wildman–Crippen MR) is 235 cm³/mol. The van der Waals surface area contributed by atoms with Gasteiger partial charge in [-0.2, -0.15) is 0 Å². The van der Waals surface area contributed by atoms with Crippen LogP contribution >= 0.6 is 0 Å². The summed E-state index contributed by atoms with van der Waals surface area (Å²) in [6.07, 6.45) is 0. The molecule has 9 aromatic carbocycles. The summed E-state index contributed by atoms with van der Waals surface area (Å²) in [4.78, 5) is 7.22. The zero-order valence-corrected chi connectivity index (χ0v) is 30.8. The Morgan fingerprint density at radius 2 is 0.947 bits per heavy atom. The van der Waals surface area contributed by atoms with E-state index in [1.807, 2.05) is 42.5 Å². The number of hydrogen-bond donors (Lipinski definition) is 0. The summed E-state index contributed by atoms with van der Waals surface area (Å²) in [5.74, 6) is 0.597. The second kappa shape index (κ2) is 13.6. The molecular weight excluding hydrogens is 697 g/mol. The van der Waals surface area contributed by atoms with Crippen molar-refractivity contribution in [2.75, 3.05) is 4.90 Å². The van der Waals surface area contributed by atoms with Gasteiger partial charge in [0.15, 0.2) is 5.58 Å². The monoisotopic (exact) mass is 730 g/mol. The molecule has 0 atom stereocenters. The maximum Gasteiger partial charge on any atom is 0.227 e. The average molecular weight is 731 g/mol. The molecule has 2 aromatic heterocycles. The van der Waals surface area contributed by atoms with Gasteiger partial charge in [-0.25, -0.2) is 4.98 Å². The Morgan fingerprint density at radius 3 is 1.72 bits per heavy atom. The Bertz CT molecular complexity index is 3210. The summed E-state index contributed by atoms with van der Waals surface area (Å²) in [5.41, 5.74) is 14.2. The highest BCUT2D eigenvalue weighted by atomic mass is 16.4. The molecule has 57 heavy (non-hydrogen) atoms. The molecule has 0 unspecified atom stereocenters. The second-order valence-electron chi connectivity index (χ2n) is 14.3. The van der Waals surface area contributed by atoms with E-state index in [0.29, 0.717) is 11.5 Å². The molecule has 0 N–H and O–H groups in total. The van der Waals surface area contributed by atoms with Crippen molar-refractivity contribution in [3.05, 3.63) is 206 Å². The van der Waals surface area contributed by atoms with Gasteiger partial charge in [0.25, 0.3) is 0 Å². The molecule has 0 amide bonds. The number of oxazole rings is 1. The zero-order chi connectivity index (χ0) is 37.7. The number of aromatic nitrogens is 1. The Kier molecular flexibility index (Phi) is 7.78. The van der Waals surface area contributed by atoms with Crippen LogP contribution < -0.4 is 4.90 Å². The van der Waals surface area contributed by atoms with E-state index in [-0.39, 0.29) is 0 Å². The van der Waals surface area contributed by atoms with Crippen molar-refractivity contribution in [3.8, 4) is 44.8 Å². The third kappa shape index (κ3) is 5.74. The molecular formula is C53H34N2O2. The Hall–Kier alpha value is -7.69. The van der Waals surface area contributed by atoms with E-state index < -0.39 is 0 Å². The molecule has 0 saturated heterocycles. The number of hydrogen-bond acceptors (Lipinski definition) is 4. The number of furan rings is 1. The van der Waals surface area contributed by atoms with Gasteiger partial charge in [-0.3, -0.25) is 0 Å². The van der Waals surface area contributed by atoms with Crippen LogP contribution in [0.5, 0.6) is 0 Å². The van der Waals surface area contributed by atoms with E-state index >= 15 is 0 Å². The van der Waals surface area contributed by atoms with Gasteiger partial charge in [-0.15, -0.1) is 0 Å². The van der Waals surface area contributed by atoms with Gasteiger partial charge in [0.1, 0.15) is 16.7 Å². The van der Waals surface area contributed by atoms with Crippen molar-refractivity contribution in [3.63, 3.8) is 0 Å². The lowest BCUT2D eigenvalue weighted by molar-refractivity contribution is 0.617. The van der Waals surface area contributed by atoms with E-state index in [1.165, 1.54) is 21.9 Å². The first-order valence-corrected chi connectivity index (χ1v) is 19.2. The van der Waals surface area contributed by atoms with Gasteiger partial charge in [0.05, 0.1) is 5.69 Å². The molecule has 11 rings (SSSR count). The number of benzene rings is 9.